The fraction of sp³-hybridized carbons (Fsp3) is 0.133. The normalized spacial score (nSPS) is 10.5. The average molecular weight is 390 g/mol. The van der Waals surface area contributed by atoms with Gasteiger partial charge in [0.15, 0.2) is 5.75 Å². The van der Waals surface area contributed by atoms with Gasteiger partial charge in [0.25, 0.3) is 0 Å². The molecule has 0 aromatic heterocycles. The Kier molecular flexibility index (Phi) is 5.86. The minimum atomic E-state index is -3.12. The van der Waals surface area contributed by atoms with Crippen LogP contribution in [-0.4, -0.2) is 12.7 Å². The third kappa shape index (κ3) is 5.17. The van der Waals surface area contributed by atoms with Crippen LogP contribution in [0.4, 0.5) is 23.7 Å². The molecule has 0 fully saturated rings. The molecule has 0 unspecified atom stereocenters. The number of halogens is 4. The van der Waals surface area contributed by atoms with Gasteiger partial charge in [0.2, 0.25) is 0 Å². The molecule has 122 valence electrons. The highest BCUT2D eigenvalue weighted by molar-refractivity contribution is 9.10. The molecule has 2 aromatic rings. The van der Waals surface area contributed by atoms with Gasteiger partial charge in [0.05, 0.1) is 10.2 Å². The minimum Gasteiger partial charge on any atom is -0.444 e. The lowest BCUT2D eigenvalue weighted by atomic mass is 10.2. The van der Waals surface area contributed by atoms with E-state index in [0.29, 0.717) is 0 Å². The summed E-state index contributed by atoms with van der Waals surface area (Å²) in [6, 6.07) is 10.7. The molecule has 0 saturated carbocycles. The molecule has 2 rings (SSSR count). The molecule has 0 aliphatic heterocycles. The fourth-order valence-electron chi connectivity index (χ4n) is 1.69. The number of alkyl halides is 2. The summed E-state index contributed by atoms with van der Waals surface area (Å²) in [5.41, 5.74) is 0.484. The molecule has 2 aromatic carbocycles. The van der Waals surface area contributed by atoms with Gasteiger partial charge in [-0.15, -0.1) is 0 Å². The van der Waals surface area contributed by atoms with Gasteiger partial charge in [-0.2, -0.15) is 8.78 Å². The van der Waals surface area contributed by atoms with Crippen molar-refractivity contribution in [3.05, 3.63) is 58.3 Å². The van der Waals surface area contributed by atoms with Gasteiger partial charge in [-0.05, 0) is 27.6 Å². The second kappa shape index (κ2) is 7.87. The number of hydrogen-bond donors (Lipinski definition) is 1. The first kappa shape index (κ1) is 17.1. The number of carbonyl (C=O) groups excluding carboxylic acids is 1. The van der Waals surface area contributed by atoms with Crippen LogP contribution in [0.15, 0.2) is 46.9 Å². The second-order valence-corrected chi connectivity index (χ2v) is 5.18. The summed E-state index contributed by atoms with van der Waals surface area (Å²) in [6.07, 6.45) is -0.922. The number of carbonyl (C=O) groups is 1. The topological polar surface area (TPSA) is 47.6 Å². The predicted octanol–water partition coefficient (Wildman–Crippen LogP) is 4.94. The fourth-order valence-corrected chi connectivity index (χ4v) is 2.01. The number of benzene rings is 2. The lowest BCUT2D eigenvalue weighted by molar-refractivity contribution is -0.0494. The Bertz CT molecular complexity index is 683. The van der Waals surface area contributed by atoms with Gasteiger partial charge in [0, 0.05) is 6.07 Å². The molecule has 0 heterocycles. The van der Waals surface area contributed by atoms with E-state index in [9.17, 15) is 18.0 Å². The molecule has 0 radical (unpaired) electrons. The van der Waals surface area contributed by atoms with E-state index in [-0.39, 0.29) is 22.5 Å². The molecule has 0 aliphatic carbocycles. The van der Waals surface area contributed by atoms with Crippen LogP contribution in [0.3, 0.4) is 0 Å². The molecular formula is C15H11BrF3NO3. The van der Waals surface area contributed by atoms with E-state index in [2.05, 4.69) is 26.0 Å². The number of nitrogens with one attached hydrogen (secondary N) is 1. The Morgan fingerprint density at radius 3 is 2.57 bits per heavy atom. The van der Waals surface area contributed by atoms with Crippen molar-refractivity contribution in [3.8, 4) is 5.75 Å². The minimum absolute atomic E-state index is 0.0171. The molecule has 0 aliphatic rings. The molecule has 8 heteroatoms. The van der Waals surface area contributed by atoms with Gasteiger partial charge < -0.3 is 9.47 Å². The maximum atomic E-state index is 13.5. The number of amides is 1. The van der Waals surface area contributed by atoms with Crippen molar-refractivity contribution in [2.24, 2.45) is 0 Å². The molecular weight excluding hydrogens is 379 g/mol. The quantitative estimate of drug-likeness (QED) is 0.787. The van der Waals surface area contributed by atoms with Crippen molar-refractivity contribution in [2.75, 3.05) is 5.32 Å². The lowest BCUT2D eigenvalue weighted by Gasteiger charge is -2.13. The number of ether oxygens (including phenoxy) is 2. The Morgan fingerprint density at radius 2 is 1.91 bits per heavy atom. The molecule has 0 bridgehead atoms. The molecule has 0 saturated heterocycles. The molecule has 1 amide bonds. The highest BCUT2D eigenvalue weighted by Gasteiger charge is 2.16. The molecule has 4 nitrogen and oxygen atoms in total. The summed E-state index contributed by atoms with van der Waals surface area (Å²) < 4.78 is 47.4. The third-order valence-electron chi connectivity index (χ3n) is 2.69. The van der Waals surface area contributed by atoms with E-state index in [4.69, 9.17) is 4.74 Å². The van der Waals surface area contributed by atoms with Crippen LogP contribution in [0.1, 0.15) is 5.56 Å². The summed E-state index contributed by atoms with van der Waals surface area (Å²) in [7, 11) is 0. The van der Waals surface area contributed by atoms with E-state index in [1.807, 2.05) is 6.07 Å². The first-order valence-electron chi connectivity index (χ1n) is 6.37. The van der Waals surface area contributed by atoms with Crippen LogP contribution in [-0.2, 0) is 11.3 Å². The second-order valence-electron chi connectivity index (χ2n) is 4.33. The van der Waals surface area contributed by atoms with E-state index in [0.717, 1.165) is 17.7 Å². The van der Waals surface area contributed by atoms with Crippen LogP contribution in [0, 0.1) is 5.82 Å². The Hall–Kier alpha value is -2.22. The van der Waals surface area contributed by atoms with Crippen molar-refractivity contribution >= 4 is 27.7 Å². The zero-order valence-electron chi connectivity index (χ0n) is 11.6. The SMILES string of the molecule is O=C(Nc1cc(F)c(Br)cc1OC(F)F)OCc1ccccc1. The highest BCUT2D eigenvalue weighted by atomic mass is 79.9. The standard InChI is InChI=1S/C15H11BrF3NO3/c16-10-6-13(23-14(18)19)12(7-11(10)17)20-15(21)22-8-9-4-2-1-3-5-9/h1-7,14H,8H2,(H,20,21). The van der Waals surface area contributed by atoms with E-state index >= 15 is 0 Å². The summed E-state index contributed by atoms with van der Waals surface area (Å²) in [6.45, 7) is -3.13. The largest absolute Gasteiger partial charge is 0.444 e. The van der Waals surface area contributed by atoms with Gasteiger partial charge in [-0.3, -0.25) is 5.32 Å². The zero-order chi connectivity index (χ0) is 16.8. The predicted molar refractivity (Wildman–Crippen MR) is 81.0 cm³/mol. The summed E-state index contributed by atoms with van der Waals surface area (Å²) in [5.74, 6) is -1.13. The molecule has 23 heavy (non-hydrogen) atoms. The van der Waals surface area contributed by atoms with Crippen molar-refractivity contribution in [3.63, 3.8) is 0 Å². The van der Waals surface area contributed by atoms with Crippen molar-refractivity contribution < 1.29 is 27.4 Å². The van der Waals surface area contributed by atoms with Crippen molar-refractivity contribution in [2.45, 2.75) is 13.2 Å². The van der Waals surface area contributed by atoms with E-state index in [1.165, 1.54) is 0 Å². The van der Waals surface area contributed by atoms with Gasteiger partial charge in [-0.25, -0.2) is 9.18 Å². The van der Waals surface area contributed by atoms with Gasteiger partial charge >= 0.3 is 12.7 Å². The summed E-state index contributed by atoms with van der Waals surface area (Å²) >= 11 is 2.85. The van der Waals surface area contributed by atoms with Crippen molar-refractivity contribution in [1.29, 1.82) is 0 Å². The van der Waals surface area contributed by atoms with E-state index in [1.54, 1.807) is 24.3 Å². The first-order chi connectivity index (χ1) is 11.0. The number of anilines is 1. The zero-order valence-corrected chi connectivity index (χ0v) is 13.1. The number of rotatable bonds is 5. The third-order valence-corrected chi connectivity index (χ3v) is 3.30. The first-order valence-corrected chi connectivity index (χ1v) is 7.16. The maximum Gasteiger partial charge on any atom is 0.412 e. The average Bonchev–Trinajstić information content (AvgIpc) is 2.51. The number of hydrogen-bond acceptors (Lipinski definition) is 3. The van der Waals surface area contributed by atoms with Gasteiger partial charge in [-0.1, -0.05) is 30.3 Å². The highest BCUT2D eigenvalue weighted by Crippen LogP contribution is 2.32. The van der Waals surface area contributed by atoms with Gasteiger partial charge in [0.1, 0.15) is 12.4 Å². The summed E-state index contributed by atoms with van der Waals surface area (Å²) in [5, 5.41) is 2.17. The Morgan fingerprint density at radius 1 is 1.22 bits per heavy atom. The van der Waals surface area contributed by atoms with Crippen LogP contribution in [0.5, 0.6) is 5.75 Å². The summed E-state index contributed by atoms with van der Waals surface area (Å²) in [4.78, 5) is 11.7. The maximum absolute atomic E-state index is 13.5. The van der Waals surface area contributed by atoms with Crippen LogP contribution in [0.2, 0.25) is 0 Å². The van der Waals surface area contributed by atoms with Crippen molar-refractivity contribution in [1.82, 2.24) is 0 Å². The van der Waals surface area contributed by atoms with E-state index < -0.39 is 18.5 Å². The van der Waals surface area contributed by atoms with Crippen LogP contribution < -0.4 is 10.1 Å². The molecule has 0 spiro atoms. The molecule has 0 atom stereocenters. The van der Waals surface area contributed by atoms with Crippen LogP contribution in [0.25, 0.3) is 0 Å². The monoisotopic (exact) mass is 389 g/mol. The Balaban J connectivity index is 2.06. The molecule has 1 N–H and O–H groups in total. The van der Waals surface area contributed by atoms with Crippen LogP contribution >= 0.6 is 15.9 Å². The Labute approximate surface area is 138 Å². The lowest BCUT2D eigenvalue weighted by Crippen LogP contribution is -2.15. The smallest absolute Gasteiger partial charge is 0.412 e.